The molecule has 0 unspecified atom stereocenters. The van der Waals surface area contributed by atoms with Gasteiger partial charge in [-0.2, -0.15) is 5.10 Å². The van der Waals surface area contributed by atoms with Crippen LogP contribution in [-0.2, 0) is 13.0 Å². The smallest absolute Gasteiger partial charge is 0.166 e. The summed E-state index contributed by atoms with van der Waals surface area (Å²) in [6, 6.07) is 6.51. The lowest BCUT2D eigenvalue weighted by Crippen LogP contribution is -2.14. The molecule has 0 radical (unpaired) electrons. The average Bonchev–Trinajstić information content (AvgIpc) is 3.26. The van der Waals surface area contributed by atoms with Crippen molar-refractivity contribution in [3.05, 3.63) is 52.6 Å². The van der Waals surface area contributed by atoms with E-state index in [9.17, 15) is 9.18 Å². The summed E-state index contributed by atoms with van der Waals surface area (Å²) in [6.45, 7) is 0.614. The summed E-state index contributed by atoms with van der Waals surface area (Å²) in [5.41, 5.74) is 4.00. The number of rotatable bonds is 3. The van der Waals surface area contributed by atoms with Gasteiger partial charge in [0.25, 0.3) is 0 Å². The van der Waals surface area contributed by atoms with E-state index in [1.54, 1.807) is 12.1 Å². The van der Waals surface area contributed by atoms with Gasteiger partial charge < -0.3 is 0 Å². The highest BCUT2D eigenvalue weighted by molar-refractivity contribution is 5.99. The molecule has 2 aromatic rings. The molecule has 4 heteroatoms. The lowest BCUT2D eigenvalue weighted by molar-refractivity contribution is 0.0971. The second-order valence-corrected chi connectivity index (χ2v) is 6.04. The lowest BCUT2D eigenvalue weighted by atomic mass is 9.93. The number of carbonyl (C=O) groups excluding carboxylic acids is 1. The van der Waals surface area contributed by atoms with E-state index in [1.807, 2.05) is 4.68 Å². The van der Waals surface area contributed by atoms with Crippen LogP contribution in [0, 0.1) is 5.82 Å². The van der Waals surface area contributed by atoms with Crippen molar-refractivity contribution in [3.8, 4) is 0 Å². The molecule has 0 atom stereocenters. The average molecular weight is 284 g/mol. The maximum absolute atomic E-state index is 13.0. The van der Waals surface area contributed by atoms with Crippen molar-refractivity contribution in [2.75, 3.05) is 0 Å². The Hall–Kier alpha value is -1.97. The van der Waals surface area contributed by atoms with E-state index in [-0.39, 0.29) is 11.6 Å². The maximum atomic E-state index is 13.0. The molecule has 0 amide bonds. The van der Waals surface area contributed by atoms with Gasteiger partial charge in [-0.1, -0.05) is 12.1 Å². The van der Waals surface area contributed by atoms with Gasteiger partial charge in [-0.25, -0.2) is 4.39 Å². The monoisotopic (exact) mass is 284 g/mol. The molecule has 4 rings (SSSR count). The van der Waals surface area contributed by atoms with Gasteiger partial charge >= 0.3 is 0 Å². The Morgan fingerprint density at radius 2 is 1.95 bits per heavy atom. The third-order valence-electron chi connectivity index (χ3n) is 4.39. The molecule has 1 heterocycles. The molecule has 1 saturated carbocycles. The zero-order chi connectivity index (χ0) is 14.4. The van der Waals surface area contributed by atoms with Crippen molar-refractivity contribution in [2.45, 2.75) is 44.6 Å². The summed E-state index contributed by atoms with van der Waals surface area (Å²) in [6.07, 6.45) is 4.77. The Morgan fingerprint density at radius 3 is 2.67 bits per heavy atom. The van der Waals surface area contributed by atoms with Crippen LogP contribution >= 0.6 is 0 Å². The van der Waals surface area contributed by atoms with Crippen LogP contribution in [0.1, 0.15) is 58.9 Å². The van der Waals surface area contributed by atoms with Gasteiger partial charge in [0.05, 0.1) is 17.8 Å². The van der Waals surface area contributed by atoms with Crippen molar-refractivity contribution in [2.24, 2.45) is 0 Å². The number of aromatic nitrogens is 2. The molecule has 108 valence electrons. The second-order valence-electron chi connectivity index (χ2n) is 6.04. The Balaban J connectivity index is 1.73. The number of hydrogen-bond acceptors (Lipinski definition) is 2. The molecule has 0 spiro atoms. The number of nitrogens with zero attached hydrogens (tertiary/aromatic N) is 2. The van der Waals surface area contributed by atoms with E-state index in [2.05, 4.69) is 0 Å². The third-order valence-corrected chi connectivity index (χ3v) is 4.39. The number of ketones is 1. The van der Waals surface area contributed by atoms with Crippen molar-refractivity contribution in [1.82, 2.24) is 9.78 Å². The van der Waals surface area contributed by atoms with Crippen LogP contribution in [0.3, 0.4) is 0 Å². The predicted molar refractivity (Wildman–Crippen MR) is 77.0 cm³/mol. The second kappa shape index (κ2) is 4.79. The van der Waals surface area contributed by atoms with Crippen LogP contribution in [0.25, 0.3) is 0 Å². The quantitative estimate of drug-likeness (QED) is 0.865. The molecule has 0 aliphatic heterocycles. The van der Waals surface area contributed by atoms with E-state index >= 15 is 0 Å². The van der Waals surface area contributed by atoms with Gasteiger partial charge in [0.15, 0.2) is 5.78 Å². The highest BCUT2D eigenvalue weighted by atomic mass is 19.1. The molecule has 3 nitrogen and oxygen atoms in total. The molecule has 1 fully saturated rings. The number of benzene rings is 1. The molecular formula is C17H17FN2O. The van der Waals surface area contributed by atoms with Gasteiger partial charge in [0, 0.05) is 18.0 Å². The van der Waals surface area contributed by atoms with Gasteiger partial charge in [0.2, 0.25) is 0 Å². The minimum absolute atomic E-state index is 0.227. The molecule has 21 heavy (non-hydrogen) atoms. The molecule has 1 aromatic carbocycles. The van der Waals surface area contributed by atoms with Crippen LogP contribution in [0.15, 0.2) is 24.3 Å². The van der Waals surface area contributed by atoms with E-state index in [0.29, 0.717) is 18.9 Å². The predicted octanol–water partition coefficient (Wildman–Crippen LogP) is 3.47. The van der Waals surface area contributed by atoms with Crippen molar-refractivity contribution in [3.63, 3.8) is 0 Å². The van der Waals surface area contributed by atoms with Gasteiger partial charge in [0.1, 0.15) is 5.82 Å². The third kappa shape index (κ3) is 2.28. The fourth-order valence-corrected chi connectivity index (χ4v) is 3.15. The van der Waals surface area contributed by atoms with Crippen LogP contribution in [-0.4, -0.2) is 15.6 Å². The number of fused-ring (bicyclic) bond motifs is 1. The highest BCUT2D eigenvalue weighted by Crippen LogP contribution is 2.43. The van der Waals surface area contributed by atoms with Crippen molar-refractivity contribution >= 4 is 5.78 Å². The Morgan fingerprint density at radius 1 is 1.19 bits per heavy atom. The molecule has 0 saturated heterocycles. The standard InChI is InChI=1S/C17H17FN2O/c18-13-8-4-11(5-9-13)10-20-14-2-1-3-15(21)16(14)17(19-20)12-6-7-12/h4-5,8-9,12H,1-3,6-7,10H2. The van der Waals surface area contributed by atoms with E-state index in [0.717, 1.165) is 48.2 Å². The summed E-state index contributed by atoms with van der Waals surface area (Å²) in [5.74, 6) is 0.508. The maximum Gasteiger partial charge on any atom is 0.166 e. The zero-order valence-corrected chi connectivity index (χ0v) is 11.8. The van der Waals surface area contributed by atoms with Crippen molar-refractivity contribution < 1.29 is 9.18 Å². The van der Waals surface area contributed by atoms with Gasteiger partial charge in [-0.3, -0.25) is 9.48 Å². The summed E-state index contributed by atoms with van der Waals surface area (Å²) in [4.78, 5) is 12.2. The van der Waals surface area contributed by atoms with Gasteiger partial charge in [-0.15, -0.1) is 0 Å². The minimum Gasteiger partial charge on any atom is -0.294 e. The highest BCUT2D eigenvalue weighted by Gasteiger charge is 2.35. The summed E-state index contributed by atoms with van der Waals surface area (Å²) < 4.78 is 15.0. The van der Waals surface area contributed by atoms with E-state index in [4.69, 9.17) is 5.10 Å². The fourth-order valence-electron chi connectivity index (χ4n) is 3.15. The first-order valence-corrected chi connectivity index (χ1v) is 7.59. The normalized spacial score (nSPS) is 17.9. The Labute approximate surface area is 122 Å². The summed E-state index contributed by atoms with van der Waals surface area (Å²) >= 11 is 0. The number of carbonyl (C=O) groups is 1. The van der Waals surface area contributed by atoms with Crippen LogP contribution in [0.5, 0.6) is 0 Å². The minimum atomic E-state index is -0.227. The number of Topliss-reactive ketones (excluding diaryl/α,β-unsaturated/α-hetero) is 1. The topological polar surface area (TPSA) is 34.9 Å². The molecular weight excluding hydrogens is 267 g/mol. The molecule has 2 aliphatic carbocycles. The van der Waals surface area contributed by atoms with E-state index in [1.165, 1.54) is 12.1 Å². The zero-order valence-electron chi connectivity index (χ0n) is 11.8. The lowest BCUT2D eigenvalue weighted by Gasteiger charge is -2.13. The SMILES string of the molecule is O=C1CCCc2c1c(C1CC1)nn2Cc1ccc(F)cc1. The summed E-state index contributed by atoms with van der Waals surface area (Å²) in [5, 5.41) is 4.72. The Bertz CT molecular complexity index is 698. The fraction of sp³-hybridized carbons (Fsp3) is 0.412. The van der Waals surface area contributed by atoms with E-state index < -0.39 is 0 Å². The number of halogens is 1. The van der Waals surface area contributed by atoms with Gasteiger partial charge in [-0.05, 0) is 43.4 Å². The number of hydrogen-bond donors (Lipinski definition) is 0. The van der Waals surface area contributed by atoms with Crippen LogP contribution in [0.2, 0.25) is 0 Å². The first kappa shape index (κ1) is 12.7. The largest absolute Gasteiger partial charge is 0.294 e. The summed E-state index contributed by atoms with van der Waals surface area (Å²) in [7, 11) is 0. The first-order chi connectivity index (χ1) is 10.2. The van der Waals surface area contributed by atoms with Crippen molar-refractivity contribution in [1.29, 1.82) is 0 Å². The van der Waals surface area contributed by atoms with Crippen LogP contribution in [0.4, 0.5) is 4.39 Å². The molecule has 0 N–H and O–H groups in total. The first-order valence-electron chi connectivity index (χ1n) is 7.59. The Kier molecular flexibility index (Phi) is 2.91. The van der Waals surface area contributed by atoms with Crippen LogP contribution < -0.4 is 0 Å². The molecule has 2 aliphatic rings. The molecule has 1 aromatic heterocycles. The molecule has 0 bridgehead atoms.